The number of rotatable bonds is 4. The van der Waals surface area contributed by atoms with E-state index in [4.69, 9.17) is 22.4 Å². The lowest BCUT2D eigenvalue weighted by Crippen LogP contribution is -2.17. The number of hydrogen-bond donors (Lipinski definition) is 3. The molecule has 110 valence electrons. The van der Waals surface area contributed by atoms with Crippen LogP contribution in [0.15, 0.2) is 35.4 Å². The highest BCUT2D eigenvalue weighted by atomic mass is 35.5. The summed E-state index contributed by atoms with van der Waals surface area (Å²) in [7, 11) is -4.05. The third-order valence-corrected chi connectivity index (χ3v) is 4.01. The van der Waals surface area contributed by atoms with Crippen molar-refractivity contribution in [2.24, 2.45) is 0 Å². The fourth-order valence-corrected chi connectivity index (χ4v) is 2.69. The molecule has 0 amide bonds. The van der Waals surface area contributed by atoms with Gasteiger partial charge in [-0.05, 0) is 24.3 Å². The molecule has 0 atom stereocenters. The molecule has 2 aromatic rings. The molecule has 4 N–H and O–H groups in total. The maximum atomic E-state index is 12.2. The van der Waals surface area contributed by atoms with E-state index < -0.39 is 16.0 Å². The summed E-state index contributed by atoms with van der Waals surface area (Å²) >= 11 is 5.63. The molecule has 0 aliphatic carbocycles. The van der Waals surface area contributed by atoms with Gasteiger partial charge in [0.1, 0.15) is 10.0 Å². The fraction of sp³-hybridized carbons (Fsp3) is 0. The topological polar surface area (TPSA) is 135 Å². The first-order valence-corrected chi connectivity index (χ1v) is 7.30. The van der Waals surface area contributed by atoms with Gasteiger partial charge in [0.05, 0.1) is 11.3 Å². The fourth-order valence-electron chi connectivity index (χ4n) is 1.49. The number of aromatic nitrogens is 2. The molecule has 21 heavy (non-hydrogen) atoms. The van der Waals surface area contributed by atoms with Crippen LogP contribution in [0.4, 0.5) is 11.6 Å². The molecule has 0 fully saturated rings. The summed E-state index contributed by atoms with van der Waals surface area (Å²) in [6.45, 7) is 0. The summed E-state index contributed by atoms with van der Waals surface area (Å²) < 4.78 is 26.4. The van der Waals surface area contributed by atoms with Gasteiger partial charge in [-0.3, -0.25) is 0 Å². The number of nitrogens with zero attached hydrogens (tertiary/aromatic N) is 2. The van der Waals surface area contributed by atoms with Gasteiger partial charge in [-0.15, -0.1) is 0 Å². The zero-order chi connectivity index (χ0) is 15.6. The summed E-state index contributed by atoms with van der Waals surface area (Å²) in [6, 6.07) is 4.66. The van der Waals surface area contributed by atoms with Crippen molar-refractivity contribution in [2.75, 3.05) is 10.5 Å². The number of nitrogens with one attached hydrogen (secondary N) is 1. The second-order valence-electron chi connectivity index (χ2n) is 3.87. The van der Waals surface area contributed by atoms with E-state index in [1.807, 2.05) is 0 Å². The number of benzene rings is 1. The summed E-state index contributed by atoms with van der Waals surface area (Å²) in [5.41, 5.74) is 5.26. The number of halogens is 1. The minimum Gasteiger partial charge on any atom is -0.478 e. The number of hydrogen-bond acceptors (Lipinski definition) is 6. The molecule has 10 heteroatoms. The Morgan fingerprint density at radius 2 is 2.05 bits per heavy atom. The van der Waals surface area contributed by atoms with E-state index in [9.17, 15) is 13.2 Å². The highest BCUT2D eigenvalue weighted by Gasteiger charge is 2.20. The Kier molecular flexibility index (Phi) is 3.96. The summed E-state index contributed by atoms with van der Waals surface area (Å²) in [4.78, 5) is 17.9. The van der Waals surface area contributed by atoms with Crippen molar-refractivity contribution < 1.29 is 18.3 Å². The Morgan fingerprint density at radius 1 is 1.33 bits per heavy atom. The van der Waals surface area contributed by atoms with E-state index in [2.05, 4.69) is 14.7 Å². The van der Waals surface area contributed by atoms with Crippen LogP contribution >= 0.6 is 11.6 Å². The zero-order valence-electron chi connectivity index (χ0n) is 10.3. The third kappa shape index (κ3) is 3.38. The summed E-state index contributed by atoms with van der Waals surface area (Å²) in [5.74, 6) is -1.43. The number of carboxylic acid groups (broad SMARTS) is 1. The van der Waals surface area contributed by atoms with Crippen LogP contribution in [0.5, 0.6) is 0 Å². The molecule has 0 saturated heterocycles. The van der Waals surface area contributed by atoms with Crippen molar-refractivity contribution in [2.45, 2.75) is 4.90 Å². The smallest absolute Gasteiger partial charge is 0.335 e. The first-order chi connectivity index (χ1) is 9.79. The van der Waals surface area contributed by atoms with E-state index in [0.29, 0.717) is 0 Å². The highest BCUT2D eigenvalue weighted by molar-refractivity contribution is 7.92. The minimum absolute atomic E-state index is 0.0666. The van der Waals surface area contributed by atoms with Crippen LogP contribution in [0.25, 0.3) is 0 Å². The number of anilines is 2. The molecule has 0 bridgehead atoms. The molecule has 0 radical (unpaired) electrons. The Balaban J connectivity index is 2.38. The SMILES string of the molecule is Nc1cc(C(=O)O)ccc1S(=O)(=O)Nc1nccc(Cl)n1. The van der Waals surface area contributed by atoms with Crippen LogP contribution in [0, 0.1) is 0 Å². The summed E-state index contributed by atoms with van der Waals surface area (Å²) in [5, 5.41) is 8.88. The van der Waals surface area contributed by atoms with Crippen molar-refractivity contribution in [1.82, 2.24) is 9.97 Å². The number of nitrogens with two attached hydrogens (primary N) is 1. The third-order valence-electron chi connectivity index (χ3n) is 2.39. The lowest BCUT2D eigenvalue weighted by atomic mass is 10.2. The monoisotopic (exact) mass is 328 g/mol. The maximum Gasteiger partial charge on any atom is 0.335 e. The number of nitrogen functional groups attached to an aromatic ring is 1. The number of carbonyl (C=O) groups is 1. The molecule has 0 saturated carbocycles. The van der Waals surface area contributed by atoms with Crippen LogP contribution < -0.4 is 10.5 Å². The molecule has 2 rings (SSSR count). The van der Waals surface area contributed by atoms with Crippen molar-refractivity contribution in [3.8, 4) is 0 Å². The van der Waals surface area contributed by atoms with Crippen LogP contribution in [0.2, 0.25) is 5.15 Å². The van der Waals surface area contributed by atoms with Gasteiger partial charge in [-0.1, -0.05) is 11.6 Å². The van der Waals surface area contributed by atoms with Crippen LogP contribution in [0.1, 0.15) is 10.4 Å². The first kappa shape index (κ1) is 15.0. The molecule has 1 aromatic heterocycles. The molecule has 0 unspecified atom stereocenters. The number of aromatic carboxylic acids is 1. The van der Waals surface area contributed by atoms with Crippen molar-refractivity contribution in [3.05, 3.63) is 41.2 Å². The van der Waals surface area contributed by atoms with Crippen molar-refractivity contribution >= 4 is 39.2 Å². The predicted octanol–water partition coefficient (Wildman–Crippen LogP) is 1.21. The zero-order valence-corrected chi connectivity index (χ0v) is 11.9. The van der Waals surface area contributed by atoms with E-state index >= 15 is 0 Å². The first-order valence-electron chi connectivity index (χ1n) is 5.44. The lowest BCUT2D eigenvalue weighted by molar-refractivity contribution is 0.0697. The molecule has 0 aliphatic heterocycles. The Bertz CT molecular complexity index is 810. The van der Waals surface area contributed by atoms with Gasteiger partial charge in [-0.25, -0.2) is 27.9 Å². The van der Waals surface area contributed by atoms with Crippen molar-refractivity contribution in [3.63, 3.8) is 0 Å². The van der Waals surface area contributed by atoms with Crippen LogP contribution in [-0.2, 0) is 10.0 Å². The normalized spacial score (nSPS) is 11.1. The average Bonchev–Trinajstić information content (AvgIpc) is 2.37. The second-order valence-corrected chi connectivity index (χ2v) is 5.90. The second kappa shape index (κ2) is 5.54. The molecule has 1 aromatic carbocycles. The van der Waals surface area contributed by atoms with E-state index in [-0.39, 0.29) is 27.2 Å². The molecule has 1 heterocycles. The molecular weight excluding hydrogens is 320 g/mol. The van der Waals surface area contributed by atoms with E-state index in [1.54, 1.807) is 0 Å². The van der Waals surface area contributed by atoms with E-state index in [1.165, 1.54) is 12.3 Å². The minimum atomic E-state index is -4.05. The standard InChI is InChI=1S/C11H9ClN4O4S/c12-9-3-4-14-11(15-9)16-21(19,20)8-2-1-6(10(17)18)5-7(8)13/h1-5H,13H2,(H,17,18)(H,14,15,16). The quantitative estimate of drug-likeness (QED) is 0.567. The number of carboxylic acids is 1. The van der Waals surface area contributed by atoms with Gasteiger partial charge in [0.25, 0.3) is 10.0 Å². The molecule has 8 nitrogen and oxygen atoms in total. The largest absolute Gasteiger partial charge is 0.478 e. The molecule has 0 spiro atoms. The molecular formula is C11H9ClN4O4S. The van der Waals surface area contributed by atoms with Gasteiger partial charge < -0.3 is 10.8 Å². The van der Waals surface area contributed by atoms with E-state index in [0.717, 1.165) is 18.2 Å². The van der Waals surface area contributed by atoms with Gasteiger partial charge in [0, 0.05) is 6.20 Å². The van der Waals surface area contributed by atoms with Gasteiger partial charge in [-0.2, -0.15) is 0 Å². The Morgan fingerprint density at radius 3 is 2.62 bits per heavy atom. The maximum absolute atomic E-state index is 12.2. The Hall–Kier alpha value is -2.39. The number of sulfonamides is 1. The van der Waals surface area contributed by atoms with Gasteiger partial charge in [0.2, 0.25) is 5.95 Å². The van der Waals surface area contributed by atoms with Crippen LogP contribution in [0.3, 0.4) is 0 Å². The summed E-state index contributed by atoms with van der Waals surface area (Å²) in [6.07, 6.45) is 1.28. The van der Waals surface area contributed by atoms with Crippen molar-refractivity contribution in [1.29, 1.82) is 0 Å². The van der Waals surface area contributed by atoms with Gasteiger partial charge in [0.15, 0.2) is 0 Å². The highest BCUT2D eigenvalue weighted by Crippen LogP contribution is 2.22. The lowest BCUT2D eigenvalue weighted by Gasteiger charge is -2.09. The van der Waals surface area contributed by atoms with Crippen LogP contribution in [-0.4, -0.2) is 29.5 Å². The Labute approximate surface area is 124 Å². The molecule has 0 aliphatic rings. The predicted molar refractivity (Wildman–Crippen MR) is 75.7 cm³/mol. The average molecular weight is 329 g/mol. The van der Waals surface area contributed by atoms with Gasteiger partial charge >= 0.3 is 5.97 Å².